The van der Waals surface area contributed by atoms with Crippen molar-refractivity contribution >= 4 is 5.97 Å². The molecule has 3 saturated carbocycles. The van der Waals surface area contributed by atoms with Gasteiger partial charge in [-0.3, -0.25) is 4.79 Å². The highest BCUT2D eigenvalue weighted by molar-refractivity contribution is 5.66. The fraction of sp³-hybridized carbons (Fsp3) is 0.857. The molecule has 0 aromatic rings. The van der Waals surface area contributed by atoms with Crippen molar-refractivity contribution in [1.82, 2.24) is 0 Å². The monoisotopic (exact) mass is 364 g/mol. The molecule has 0 bridgehead atoms. The highest BCUT2D eigenvalue weighted by Crippen LogP contribution is 2.66. The molecule has 3 N–H and O–H groups in total. The van der Waals surface area contributed by atoms with Crippen LogP contribution < -0.4 is 0 Å². The number of carbonyl (C=O) groups excluding carboxylic acids is 1. The fourth-order valence-electron chi connectivity index (χ4n) is 7.15. The molecule has 0 spiro atoms. The smallest absolute Gasteiger partial charge is 0.303 e. The SMILES string of the molecule is CC(=O)OC1C[C@H]2[C@@H]3CC[C@H](O)[C@@]3(C)CC[C@@H]2[C@@]2(C)CC[C@H](O)C(O)=C12. The van der Waals surface area contributed by atoms with E-state index in [1.54, 1.807) is 0 Å². The number of carbonyl (C=O) groups is 1. The molecule has 26 heavy (non-hydrogen) atoms. The predicted octanol–water partition coefficient (Wildman–Crippen LogP) is 3.10. The maximum atomic E-state index is 11.8. The minimum atomic E-state index is -0.852. The Bertz CT molecular complexity index is 642. The molecule has 4 aliphatic rings. The molecular formula is C21H32O5. The van der Waals surface area contributed by atoms with E-state index in [4.69, 9.17) is 4.74 Å². The van der Waals surface area contributed by atoms with Crippen molar-refractivity contribution in [1.29, 1.82) is 0 Å². The third-order valence-electron chi connectivity index (χ3n) is 8.47. The van der Waals surface area contributed by atoms with Crippen molar-refractivity contribution in [3.05, 3.63) is 11.3 Å². The summed E-state index contributed by atoms with van der Waals surface area (Å²) in [5, 5.41) is 31.5. The summed E-state index contributed by atoms with van der Waals surface area (Å²) in [5.41, 5.74) is 0.464. The fourth-order valence-corrected chi connectivity index (χ4v) is 7.15. The lowest BCUT2D eigenvalue weighted by Crippen LogP contribution is -2.55. The van der Waals surface area contributed by atoms with E-state index >= 15 is 0 Å². The zero-order valence-corrected chi connectivity index (χ0v) is 16.1. The number of hydrogen-bond donors (Lipinski definition) is 3. The molecule has 146 valence electrons. The van der Waals surface area contributed by atoms with Crippen LogP contribution in [0.5, 0.6) is 0 Å². The van der Waals surface area contributed by atoms with E-state index in [2.05, 4.69) is 13.8 Å². The van der Waals surface area contributed by atoms with Crippen LogP contribution in [-0.2, 0) is 9.53 Å². The summed E-state index contributed by atoms with van der Waals surface area (Å²) in [6.07, 6.45) is 4.39. The van der Waals surface area contributed by atoms with E-state index in [0.29, 0.717) is 30.6 Å². The second-order valence-corrected chi connectivity index (χ2v) is 9.62. The highest BCUT2D eigenvalue weighted by atomic mass is 16.5. The Morgan fingerprint density at radius 2 is 1.81 bits per heavy atom. The number of ether oxygens (including phenoxy) is 1. The molecule has 3 fully saturated rings. The number of aliphatic hydroxyl groups excluding tert-OH is 3. The second-order valence-electron chi connectivity index (χ2n) is 9.62. The maximum absolute atomic E-state index is 11.8. The predicted molar refractivity (Wildman–Crippen MR) is 96.2 cm³/mol. The average molecular weight is 364 g/mol. The van der Waals surface area contributed by atoms with E-state index in [-0.39, 0.29) is 28.7 Å². The number of hydrogen-bond acceptors (Lipinski definition) is 5. The summed E-state index contributed by atoms with van der Waals surface area (Å²) in [6, 6.07) is 0. The largest absolute Gasteiger partial charge is 0.509 e. The van der Waals surface area contributed by atoms with E-state index in [1.165, 1.54) is 6.92 Å². The average Bonchev–Trinajstić information content (AvgIpc) is 2.86. The molecule has 5 heteroatoms. The minimum absolute atomic E-state index is 0.0308. The molecular weight excluding hydrogens is 332 g/mol. The molecule has 8 atom stereocenters. The third-order valence-corrected chi connectivity index (χ3v) is 8.47. The van der Waals surface area contributed by atoms with Crippen molar-refractivity contribution in [2.24, 2.45) is 28.6 Å². The molecule has 4 rings (SSSR count). The Balaban J connectivity index is 1.77. The van der Waals surface area contributed by atoms with Gasteiger partial charge in [0.25, 0.3) is 0 Å². The van der Waals surface area contributed by atoms with Crippen molar-refractivity contribution in [2.45, 2.75) is 84.0 Å². The standard InChI is InChI=1S/C21H32O5/c1-11(22)26-16-10-12-13-4-5-17(24)20(13,2)8-6-14(12)21(3)9-7-15(23)19(25)18(16)21/h12-17,23-25H,4-10H2,1-3H3/t12-,13-,14-,15-,16?,17-,20-,21+/m0/s1. The van der Waals surface area contributed by atoms with Gasteiger partial charge in [0.15, 0.2) is 0 Å². The number of aliphatic hydroxyl groups is 3. The summed E-state index contributed by atoms with van der Waals surface area (Å²) in [4.78, 5) is 11.8. The first-order valence-electron chi connectivity index (χ1n) is 10.2. The summed E-state index contributed by atoms with van der Waals surface area (Å²) >= 11 is 0. The normalized spacial score (nSPS) is 50.7. The molecule has 0 radical (unpaired) electrons. The van der Waals surface area contributed by atoms with Gasteiger partial charge in [-0.15, -0.1) is 0 Å². The van der Waals surface area contributed by atoms with Gasteiger partial charge in [0.1, 0.15) is 18.0 Å². The first kappa shape index (κ1) is 18.3. The molecule has 5 nitrogen and oxygen atoms in total. The Kier molecular flexibility index (Phi) is 4.20. The van der Waals surface area contributed by atoms with Crippen molar-refractivity contribution in [3.8, 4) is 0 Å². The third kappa shape index (κ3) is 2.39. The molecule has 0 amide bonds. The Labute approximate surface area is 155 Å². The van der Waals surface area contributed by atoms with Crippen molar-refractivity contribution < 1.29 is 24.9 Å². The first-order valence-corrected chi connectivity index (χ1v) is 10.2. The Hall–Kier alpha value is -1.07. The van der Waals surface area contributed by atoms with Crippen LogP contribution in [-0.4, -0.2) is 39.6 Å². The van der Waals surface area contributed by atoms with E-state index in [1.807, 2.05) is 0 Å². The van der Waals surface area contributed by atoms with E-state index in [0.717, 1.165) is 37.7 Å². The number of esters is 1. The molecule has 4 aliphatic carbocycles. The van der Waals surface area contributed by atoms with Gasteiger partial charge in [0, 0.05) is 12.5 Å². The molecule has 0 aliphatic heterocycles. The second kappa shape index (κ2) is 5.96. The van der Waals surface area contributed by atoms with E-state index in [9.17, 15) is 20.1 Å². The summed E-state index contributed by atoms with van der Waals surface area (Å²) in [6.45, 7) is 5.82. The first-order chi connectivity index (χ1) is 12.2. The quantitative estimate of drug-likeness (QED) is 0.623. The zero-order chi connectivity index (χ0) is 18.9. The van der Waals surface area contributed by atoms with Gasteiger partial charge >= 0.3 is 5.97 Å². The topological polar surface area (TPSA) is 87.0 Å². The molecule has 0 aromatic carbocycles. The maximum Gasteiger partial charge on any atom is 0.303 e. The molecule has 0 heterocycles. The molecule has 0 saturated heterocycles. The minimum Gasteiger partial charge on any atom is -0.509 e. The molecule has 0 aromatic heterocycles. The lowest BCUT2D eigenvalue weighted by atomic mass is 9.46. The Morgan fingerprint density at radius 3 is 2.50 bits per heavy atom. The van der Waals surface area contributed by atoms with Gasteiger partial charge in [0.05, 0.1) is 6.10 Å². The Morgan fingerprint density at radius 1 is 1.08 bits per heavy atom. The van der Waals surface area contributed by atoms with Crippen LogP contribution in [0.2, 0.25) is 0 Å². The van der Waals surface area contributed by atoms with Crippen LogP contribution in [0.1, 0.15) is 65.7 Å². The van der Waals surface area contributed by atoms with Gasteiger partial charge in [-0.25, -0.2) is 0 Å². The lowest BCUT2D eigenvalue weighted by Gasteiger charge is -2.59. The van der Waals surface area contributed by atoms with Gasteiger partial charge < -0.3 is 20.1 Å². The van der Waals surface area contributed by atoms with Crippen molar-refractivity contribution in [2.75, 3.05) is 0 Å². The van der Waals surface area contributed by atoms with Gasteiger partial charge in [-0.05, 0) is 73.5 Å². The lowest BCUT2D eigenvalue weighted by molar-refractivity contribution is -0.154. The summed E-state index contributed by atoms with van der Waals surface area (Å²) in [7, 11) is 0. The zero-order valence-electron chi connectivity index (χ0n) is 16.1. The van der Waals surface area contributed by atoms with Gasteiger partial charge in [-0.1, -0.05) is 13.8 Å². The highest BCUT2D eigenvalue weighted by Gasteiger charge is 2.62. The van der Waals surface area contributed by atoms with Crippen LogP contribution in [0.3, 0.4) is 0 Å². The number of fused-ring (bicyclic) bond motifs is 5. The van der Waals surface area contributed by atoms with Crippen LogP contribution in [0, 0.1) is 28.6 Å². The van der Waals surface area contributed by atoms with Crippen molar-refractivity contribution in [3.63, 3.8) is 0 Å². The summed E-state index contributed by atoms with van der Waals surface area (Å²) < 4.78 is 5.67. The summed E-state index contributed by atoms with van der Waals surface area (Å²) in [5.74, 6) is 0.903. The van der Waals surface area contributed by atoms with Crippen LogP contribution >= 0.6 is 0 Å². The van der Waals surface area contributed by atoms with Crippen LogP contribution in [0.15, 0.2) is 11.3 Å². The molecule has 1 unspecified atom stereocenters. The van der Waals surface area contributed by atoms with E-state index < -0.39 is 12.2 Å². The van der Waals surface area contributed by atoms with Gasteiger partial charge in [0.2, 0.25) is 0 Å². The van der Waals surface area contributed by atoms with Crippen LogP contribution in [0.4, 0.5) is 0 Å². The number of rotatable bonds is 1. The van der Waals surface area contributed by atoms with Crippen LogP contribution in [0.25, 0.3) is 0 Å². The van der Waals surface area contributed by atoms with Gasteiger partial charge in [-0.2, -0.15) is 0 Å².